The van der Waals surface area contributed by atoms with E-state index in [0.29, 0.717) is 31.7 Å². The maximum atomic E-state index is 12.5. The first kappa shape index (κ1) is 16.6. The maximum Gasteiger partial charge on any atom is 0.409 e. The summed E-state index contributed by atoms with van der Waals surface area (Å²) in [6.45, 7) is 5.64. The van der Waals surface area contributed by atoms with E-state index in [1.165, 1.54) is 25.7 Å². The summed E-state index contributed by atoms with van der Waals surface area (Å²) in [7, 11) is 0. The van der Waals surface area contributed by atoms with Crippen LogP contribution in [0.5, 0.6) is 0 Å². The second-order valence-corrected chi connectivity index (χ2v) is 7.60. The second kappa shape index (κ2) is 7.10. The SMILES string of the molecule is CCOC(=O)N1CCC(C(=O)NC(C)C2CC3CCC2C3)CC1. The van der Waals surface area contributed by atoms with Crippen LogP contribution in [-0.4, -0.2) is 42.6 Å². The molecule has 2 amide bonds. The van der Waals surface area contributed by atoms with Gasteiger partial charge in [0.15, 0.2) is 0 Å². The Hall–Kier alpha value is -1.26. The fraction of sp³-hybridized carbons (Fsp3) is 0.889. The van der Waals surface area contributed by atoms with Gasteiger partial charge in [0.25, 0.3) is 0 Å². The smallest absolute Gasteiger partial charge is 0.409 e. The highest BCUT2D eigenvalue weighted by atomic mass is 16.6. The number of carbonyl (C=O) groups excluding carboxylic acids is 2. The highest BCUT2D eigenvalue weighted by Crippen LogP contribution is 2.49. The minimum atomic E-state index is -0.248. The normalized spacial score (nSPS) is 31.9. The highest BCUT2D eigenvalue weighted by Gasteiger charge is 2.42. The van der Waals surface area contributed by atoms with Crippen molar-refractivity contribution in [2.75, 3.05) is 19.7 Å². The molecule has 3 fully saturated rings. The fourth-order valence-electron chi connectivity index (χ4n) is 4.89. The molecule has 3 rings (SSSR count). The number of fused-ring (bicyclic) bond motifs is 2. The average molecular weight is 322 g/mol. The van der Waals surface area contributed by atoms with Crippen molar-refractivity contribution in [3.63, 3.8) is 0 Å². The standard InChI is InChI=1S/C18H30N2O3/c1-3-23-18(22)20-8-6-14(7-9-20)17(21)19-12(2)16-11-13-4-5-15(16)10-13/h12-16H,3-11H2,1-2H3,(H,19,21). The summed E-state index contributed by atoms with van der Waals surface area (Å²) in [5.74, 6) is 2.65. The molecule has 3 aliphatic rings. The Morgan fingerprint density at radius 1 is 1.17 bits per heavy atom. The minimum Gasteiger partial charge on any atom is -0.450 e. The van der Waals surface area contributed by atoms with E-state index in [2.05, 4.69) is 12.2 Å². The molecule has 1 saturated heterocycles. The molecular weight excluding hydrogens is 292 g/mol. The molecule has 2 bridgehead atoms. The van der Waals surface area contributed by atoms with Gasteiger partial charge < -0.3 is 15.0 Å². The minimum absolute atomic E-state index is 0.0433. The molecule has 130 valence electrons. The van der Waals surface area contributed by atoms with Gasteiger partial charge in [0.2, 0.25) is 5.91 Å². The summed E-state index contributed by atoms with van der Waals surface area (Å²) in [5.41, 5.74) is 0. The summed E-state index contributed by atoms with van der Waals surface area (Å²) in [5, 5.41) is 3.27. The summed E-state index contributed by atoms with van der Waals surface area (Å²) >= 11 is 0. The third-order valence-electron chi connectivity index (χ3n) is 6.20. The summed E-state index contributed by atoms with van der Waals surface area (Å²) in [4.78, 5) is 25.9. The van der Waals surface area contributed by atoms with Gasteiger partial charge >= 0.3 is 6.09 Å². The van der Waals surface area contributed by atoms with E-state index in [0.717, 1.165) is 24.7 Å². The highest BCUT2D eigenvalue weighted by molar-refractivity contribution is 5.79. The lowest BCUT2D eigenvalue weighted by Gasteiger charge is -2.33. The number of rotatable bonds is 4. The zero-order valence-electron chi connectivity index (χ0n) is 14.4. The third-order valence-corrected chi connectivity index (χ3v) is 6.20. The second-order valence-electron chi connectivity index (χ2n) is 7.60. The monoisotopic (exact) mass is 322 g/mol. The van der Waals surface area contributed by atoms with Crippen LogP contribution in [0.3, 0.4) is 0 Å². The van der Waals surface area contributed by atoms with Crippen LogP contribution in [0.4, 0.5) is 4.79 Å². The van der Waals surface area contributed by atoms with Crippen LogP contribution < -0.4 is 5.32 Å². The molecule has 4 unspecified atom stereocenters. The van der Waals surface area contributed by atoms with E-state index in [9.17, 15) is 9.59 Å². The molecule has 23 heavy (non-hydrogen) atoms. The lowest BCUT2D eigenvalue weighted by molar-refractivity contribution is -0.127. The van der Waals surface area contributed by atoms with Crippen molar-refractivity contribution < 1.29 is 14.3 Å². The number of ether oxygens (including phenoxy) is 1. The van der Waals surface area contributed by atoms with Gasteiger partial charge in [-0.05, 0) is 63.7 Å². The van der Waals surface area contributed by atoms with Crippen molar-refractivity contribution >= 4 is 12.0 Å². The van der Waals surface area contributed by atoms with Crippen LogP contribution in [0, 0.1) is 23.7 Å². The number of carbonyl (C=O) groups is 2. The van der Waals surface area contributed by atoms with Crippen LogP contribution in [-0.2, 0) is 9.53 Å². The Labute approximate surface area is 139 Å². The molecule has 1 N–H and O–H groups in total. The van der Waals surface area contributed by atoms with E-state index in [1.54, 1.807) is 4.90 Å². The zero-order valence-corrected chi connectivity index (χ0v) is 14.4. The number of nitrogens with zero attached hydrogens (tertiary/aromatic N) is 1. The molecule has 2 saturated carbocycles. The van der Waals surface area contributed by atoms with Gasteiger partial charge in [0, 0.05) is 25.0 Å². The molecule has 0 spiro atoms. The fourth-order valence-corrected chi connectivity index (χ4v) is 4.89. The van der Waals surface area contributed by atoms with Crippen LogP contribution in [0.25, 0.3) is 0 Å². The summed E-state index contributed by atoms with van der Waals surface area (Å²) in [6, 6.07) is 0.292. The molecule has 4 atom stereocenters. The van der Waals surface area contributed by atoms with Gasteiger partial charge in [-0.15, -0.1) is 0 Å². The lowest BCUT2D eigenvalue weighted by Crippen LogP contribution is -2.47. The Kier molecular flexibility index (Phi) is 5.12. The number of likely N-dealkylation sites (tertiary alicyclic amines) is 1. The summed E-state index contributed by atoms with van der Waals surface area (Å²) < 4.78 is 5.02. The van der Waals surface area contributed by atoms with Crippen LogP contribution in [0.15, 0.2) is 0 Å². The number of nitrogens with one attached hydrogen (secondary N) is 1. The molecule has 2 aliphatic carbocycles. The quantitative estimate of drug-likeness (QED) is 0.866. The molecule has 0 aromatic carbocycles. The van der Waals surface area contributed by atoms with E-state index in [4.69, 9.17) is 4.74 Å². The van der Waals surface area contributed by atoms with Crippen molar-refractivity contribution in [3.05, 3.63) is 0 Å². The van der Waals surface area contributed by atoms with Crippen molar-refractivity contribution in [2.45, 2.75) is 58.4 Å². The van der Waals surface area contributed by atoms with E-state index in [1.807, 2.05) is 6.92 Å². The molecule has 1 heterocycles. The van der Waals surface area contributed by atoms with Crippen LogP contribution in [0.1, 0.15) is 52.4 Å². The van der Waals surface area contributed by atoms with Gasteiger partial charge in [0.1, 0.15) is 0 Å². The first-order chi connectivity index (χ1) is 11.1. The number of amides is 2. The lowest BCUT2D eigenvalue weighted by atomic mass is 9.83. The van der Waals surface area contributed by atoms with Gasteiger partial charge in [0.05, 0.1) is 6.61 Å². The molecule has 5 nitrogen and oxygen atoms in total. The van der Waals surface area contributed by atoms with Gasteiger partial charge in [-0.2, -0.15) is 0 Å². The van der Waals surface area contributed by atoms with Gasteiger partial charge in [-0.3, -0.25) is 4.79 Å². The Morgan fingerprint density at radius 2 is 1.91 bits per heavy atom. The van der Waals surface area contributed by atoms with E-state index < -0.39 is 0 Å². The third kappa shape index (κ3) is 3.64. The zero-order chi connectivity index (χ0) is 16.4. The van der Waals surface area contributed by atoms with Crippen molar-refractivity contribution in [3.8, 4) is 0 Å². The molecule has 0 aromatic heterocycles. The van der Waals surface area contributed by atoms with Crippen molar-refractivity contribution in [1.29, 1.82) is 0 Å². The number of piperidine rings is 1. The molecule has 0 aromatic rings. The predicted octanol–water partition coefficient (Wildman–Crippen LogP) is 2.80. The molecular formula is C18H30N2O3. The van der Waals surface area contributed by atoms with E-state index >= 15 is 0 Å². The van der Waals surface area contributed by atoms with Gasteiger partial charge in [-0.25, -0.2) is 4.79 Å². The van der Waals surface area contributed by atoms with Crippen LogP contribution in [0.2, 0.25) is 0 Å². The topological polar surface area (TPSA) is 58.6 Å². The Morgan fingerprint density at radius 3 is 2.48 bits per heavy atom. The number of hydrogen-bond acceptors (Lipinski definition) is 3. The first-order valence-electron chi connectivity index (χ1n) is 9.30. The van der Waals surface area contributed by atoms with Gasteiger partial charge in [-0.1, -0.05) is 6.42 Å². The Bertz CT molecular complexity index is 446. The van der Waals surface area contributed by atoms with E-state index in [-0.39, 0.29) is 17.9 Å². The Balaban J connectivity index is 1.43. The number of hydrogen-bond donors (Lipinski definition) is 1. The van der Waals surface area contributed by atoms with Crippen LogP contribution >= 0.6 is 0 Å². The molecule has 0 radical (unpaired) electrons. The van der Waals surface area contributed by atoms with Crippen molar-refractivity contribution in [2.24, 2.45) is 23.7 Å². The predicted molar refractivity (Wildman–Crippen MR) is 87.9 cm³/mol. The average Bonchev–Trinajstić information content (AvgIpc) is 3.18. The molecule has 1 aliphatic heterocycles. The molecule has 5 heteroatoms. The summed E-state index contributed by atoms with van der Waals surface area (Å²) in [6.07, 6.45) is 6.67. The first-order valence-corrected chi connectivity index (χ1v) is 9.30. The maximum absolute atomic E-state index is 12.5. The largest absolute Gasteiger partial charge is 0.450 e. The van der Waals surface area contributed by atoms with Crippen molar-refractivity contribution in [1.82, 2.24) is 10.2 Å².